The van der Waals surface area contributed by atoms with Gasteiger partial charge < -0.3 is 14.7 Å². The molecule has 0 aromatic rings. The number of carbonyl (C=O) groups excluding carboxylic acids is 1. The van der Waals surface area contributed by atoms with Crippen LogP contribution in [0.4, 0.5) is 0 Å². The molecular weight excluding hydrogens is 258 g/mol. The van der Waals surface area contributed by atoms with Crippen molar-refractivity contribution in [2.45, 2.75) is 46.0 Å². The van der Waals surface area contributed by atoms with Gasteiger partial charge in [-0.2, -0.15) is 0 Å². The highest BCUT2D eigenvalue weighted by molar-refractivity contribution is 5.84. The zero-order valence-corrected chi connectivity index (χ0v) is 12.9. The van der Waals surface area contributed by atoms with Gasteiger partial charge in [0, 0.05) is 33.2 Å². The van der Waals surface area contributed by atoms with Crippen molar-refractivity contribution in [1.82, 2.24) is 4.90 Å². The molecule has 1 saturated heterocycles. The summed E-state index contributed by atoms with van der Waals surface area (Å²) in [6.07, 6.45) is 3.01. The Hall–Kier alpha value is -1.10. The average Bonchev–Trinajstić information content (AvgIpc) is 2.45. The molecule has 1 N–H and O–H groups in total. The first-order valence-electron chi connectivity index (χ1n) is 7.50. The van der Waals surface area contributed by atoms with Crippen LogP contribution in [-0.2, 0) is 14.3 Å². The fourth-order valence-electron chi connectivity index (χ4n) is 2.72. The maximum atomic E-state index is 12.3. The second kappa shape index (κ2) is 7.62. The van der Waals surface area contributed by atoms with Gasteiger partial charge in [-0.3, -0.25) is 9.59 Å². The first-order chi connectivity index (χ1) is 9.45. The summed E-state index contributed by atoms with van der Waals surface area (Å²) in [5.41, 5.74) is -0.916. The number of carbonyl (C=O) groups is 2. The SMILES string of the molecule is CCC(CC)(CC(=O)N(C)CC1CCOCC1)C(=O)O. The van der Waals surface area contributed by atoms with E-state index in [2.05, 4.69) is 0 Å². The minimum atomic E-state index is -0.916. The number of ether oxygens (including phenoxy) is 1. The van der Waals surface area contributed by atoms with Gasteiger partial charge in [0.05, 0.1) is 5.41 Å². The quantitative estimate of drug-likeness (QED) is 0.778. The summed E-state index contributed by atoms with van der Waals surface area (Å²) in [4.78, 5) is 25.4. The van der Waals surface area contributed by atoms with Gasteiger partial charge in [0.15, 0.2) is 0 Å². The molecule has 20 heavy (non-hydrogen) atoms. The Balaban J connectivity index is 2.57. The van der Waals surface area contributed by atoms with E-state index in [9.17, 15) is 14.7 Å². The molecule has 0 aromatic carbocycles. The van der Waals surface area contributed by atoms with Crippen LogP contribution in [-0.4, -0.2) is 48.7 Å². The molecular formula is C15H27NO4. The maximum Gasteiger partial charge on any atom is 0.310 e. The summed E-state index contributed by atoms with van der Waals surface area (Å²) in [6.45, 7) is 5.89. The number of rotatable bonds is 7. The number of nitrogens with zero attached hydrogens (tertiary/aromatic N) is 1. The number of hydrogen-bond acceptors (Lipinski definition) is 3. The van der Waals surface area contributed by atoms with E-state index in [1.165, 1.54) is 0 Å². The van der Waals surface area contributed by atoms with Gasteiger partial charge in [-0.1, -0.05) is 13.8 Å². The molecule has 5 heteroatoms. The van der Waals surface area contributed by atoms with Gasteiger partial charge in [-0.15, -0.1) is 0 Å². The van der Waals surface area contributed by atoms with Crippen LogP contribution in [0.2, 0.25) is 0 Å². The third-order valence-electron chi connectivity index (χ3n) is 4.60. The molecule has 0 saturated carbocycles. The van der Waals surface area contributed by atoms with Crippen LogP contribution >= 0.6 is 0 Å². The largest absolute Gasteiger partial charge is 0.481 e. The van der Waals surface area contributed by atoms with Crippen LogP contribution in [0.15, 0.2) is 0 Å². The summed E-state index contributed by atoms with van der Waals surface area (Å²) in [5.74, 6) is -0.460. The fourth-order valence-corrected chi connectivity index (χ4v) is 2.72. The van der Waals surface area contributed by atoms with Crippen molar-refractivity contribution in [3.05, 3.63) is 0 Å². The summed E-state index contributed by atoms with van der Waals surface area (Å²) in [7, 11) is 1.77. The van der Waals surface area contributed by atoms with Crippen molar-refractivity contribution in [1.29, 1.82) is 0 Å². The molecule has 0 atom stereocenters. The van der Waals surface area contributed by atoms with Crippen LogP contribution in [0.1, 0.15) is 46.0 Å². The van der Waals surface area contributed by atoms with E-state index in [1.807, 2.05) is 13.8 Å². The molecule has 1 fully saturated rings. The molecule has 116 valence electrons. The van der Waals surface area contributed by atoms with E-state index >= 15 is 0 Å². The van der Waals surface area contributed by atoms with Crippen LogP contribution in [0.25, 0.3) is 0 Å². The molecule has 0 aliphatic carbocycles. The summed E-state index contributed by atoms with van der Waals surface area (Å²) < 4.78 is 5.31. The van der Waals surface area contributed by atoms with Crippen LogP contribution in [0.5, 0.6) is 0 Å². The van der Waals surface area contributed by atoms with E-state index in [-0.39, 0.29) is 12.3 Å². The second-order valence-corrected chi connectivity index (χ2v) is 5.80. The molecule has 0 unspecified atom stereocenters. The third-order valence-corrected chi connectivity index (χ3v) is 4.60. The highest BCUT2D eigenvalue weighted by atomic mass is 16.5. The molecule has 5 nitrogen and oxygen atoms in total. The lowest BCUT2D eigenvalue weighted by atomic mass is 9.79. The van der Waals surface area contributed by atoms with E-state index in [0.717, 1.165) is 26.1 Å². The van der Waals surface area contributed by atoms with E-state index in [0.29, 0.717) is 25.3 Å². The standard InChI is InChI=1S/C15H27NO4/c1-4-15(5-2,14(18)19)10-13(17)16(3)11-12-6-8-20-9-7-12/h12H,4-11H2,1-3H3,(H,18,19). The summed E-state index contributed by atoms with van der Waals surface area (Å²) >= 11 is 0. The molecule has 1 amide bonds. The highest BCUT2D eigenvalue weighted by Crippen LogP contribution is 2.31. The van der Waals surface area contributed by atoms with Crippen LogP contribution in [0.3, 0.4) is 0 Å². The van der Waals surface area contributed by atoms with Crippen molar-refractivity contribution < 1.29 is 19.4 Å². The molecule has 0 aromatic heterocycles. The lowest BCUT2D eigenvalue weighted by Gasteiger charge is -2.31. The van der Waals surface area contributed by atoms with Crippen LogP contribution < -0.4 is 0 Å². The minimum Gasteiger partial charge on any atom is -0.481 e. The summed E-state index contributed by atoms with van der Waals surface area (Å²) in [6, 6.07) is 0. The van der Waals surface area contributed by atoms with E-state index in [4.69, 9.17) is 4.74 Å². The van der Waals surface area contributed by atoms with Crippen molar-refractivity contribution >= 4 is 11.9 Å². The smallest absolute Gasteiger partial charge is 0.310 e. The van der Waals surface area contributed by atoms with Crippen molar-refractivity contribution in [3.8, 4) is 0 Å². The maximum absolute atomic E-state index is 12.3. The predicted molar refractivity (Wildman–Crippen MR) is 76.4 cm³/mol. The Kier molecular flexibility index (Phi) is 6.46. The minimum absolute atomic E-state index is 0.0670. The Bertz CT molecular complexity index is 333. The van der Waals surface area contributed by atoms with E-state index < -0.39 is 11.4 Å². The molecule has 1 aliphatic rings. The number of hydrogen-bond donors (Lipinski definition) is 1. The molecule has 1 heterocycles. The zero-order chi connectivity index (χ0) is 15.2. The lowest BCUT2D eigenvalue weighted by Crippen LogP contribution is -2.40. The van der Waals surface area contributed by atoms with Crippen molar-refractivity contribution in [2.24, 2.45) is 11.3 Å². The molecule has 0 bridgehead atoms. The molecule has 1 aliphatic heterocycles. The molecule has 1 rings (SSSR count). The van der Waals surface area contributed by atoms with Crippen molar-refractivity contribution in [2.75, 3.05) is 26.8 Å². The van der Waals surface area contributed by atoms with Gasteiger partial charge in [0.2, 0.25) is 5.91 Å². The zero-order valence-electron chi connectivity index (χ0n) is 12.9. The number of carboxylic acids is 1. The normalized spacial score (nSPS) is 16.9. The number of amides is 1. The van der Waals surface area contributed by atoms with Gasteiger partial charge in [0.1, 0.15) is 0 Å². The van der Waals surface area contributed by atoms with Gasteiger partial charge in [-0.05, 0) is 31.6 Å². The first kappa shape index (κ1) is 17.0. The Morgan fingerprint density at radius 2 is 1.80 bits per heavy atom. The second-order valence-electron chi connectivity index (χ2n) is 5.80. The van der Waals surface area contributed by atoms with Gasteiger partial charge in [-0.25, -0.2) is 0 Å². The monoisotopic (exact) mass is 285 g/mol. The average molecular weight is 285 g/mol. The summed E-state index contributed by atoms with van der Waals surface area (Å²) in [5, 5.41) is 9.39. The van der Waals surface area contributed by atoms with Crippen molar-refractivity contribution in [3.63, 3.8) is 0 Å². The predicted octanol–water partition coefficient (Wildman–Crippen LogP) is 2.15. The fraction of sp³-hybridized carbons (Fsp3) is 0.867. The van der Waals surface area contributed by atoms with Gasteiger partial charge >= 0.3 is 5.97 Å². The first-order valence-corrected chi connectivity index (χ1v) is 7.50. The Morgan fingerprint density at radius 1 is 1.25 bits per heavy atom. The van der Waals surface area contributed by atoms with Gasteiger partial charge in [0.25, 0.3) is 0 Å². The van der Waals surface area contributed by atoms with Crippen LogP contribution in [0, 0.1) is 11.3 Å². The number of aliphatic carboxylic acids is 1. The third kappa shape index (κ3) is 4.20. The Labute approximate surface area is 121 Å². The topological polar surface area (TPSA) is 66.8 Å². The molecule has 0 radical (unpaired) electrons. The lowest BCUT2D eigenvalue weighted by molar-refractivity contribution is -0.154. The number of carboxylic acid groups (broad SMARTS) is 1. The molecule has 0 spiro atoms. The Morgan fingerprint density at radius 3 is 2.25 bits per heavy atom. The van der Waals surface area contributed by atoms with E-state index in [1.54, 1.807) is 11.9 Å². The highest BCUT2D eigenvalue weighted by Gasteiger charge is 2.38.